The molecule has 0 saturated carbocycles. The predicted octanol–water partition coefficient (Wildman–Crippen LogP) is 2.95. The molecule has 0 saturated heterocycles. The van der Waals surface area contributed by atoms with Crippen molar-refractivity contribution in [1.82, 2.24) is 10.3 Å². The molecule has 0 aliphatic carbocycles. The van der Waals surface area contributed by atoms with Crippen molar-refractivity contribution in [3.8, 4) is 5.75 Å². The van der Waals surface area contributed by atoms with Gasteiger partial charge < -0.3 is 34.6 Å². The molecule has 3 N–H and O–H groups in total. The van der Waals surface area contributed by atoms with Gasteiger partial charge in [0.25, 0.3) is 11.5 Å². The van der Waals surface area contributed by atoms with Gasteiger partial charge in [-0.2, -0.15) is 0 Å². The standard InChI is InChI=1S/C24H23N3O7/c1-13-17(22(28)25-2)8-9-18-19(13)21(26-14-4-6-15(31-3)7-5-14)20(23(29)27-18)24(30)33-11-16-10-32-12-34-16/h4-10H,11-12H2,1-3H3,(H,25,28)(H2,26,27,29). The van der Waals surface area contributed by atoms with E-state index in [1.54, 1.807) is 50.4 Å². The van der Waals surface area contributed by atoms with Crippen LogP contribution in [-0.2, 0) is 14.2 Å². The lowest BCUT2D eigenvalue weighted by Gasteiger charge is -2.17. The zero-order chi connectivity index (χ0) is 24.2. The van der Waals surface area contributed by atoms with Gasteiger partial charge in [0, 0.05) is 23.7 Å². The van der Waals surface area contributed by atoms with E-state index in [4.69, 9.17) is 18.9 Å². The van der Waals surface area contributed by atoms with Gasteiger partial charge in [0.1, 0.15) is 17.6 Å². The van der Waals surface area contributed by atoms with Crippen molar-refractivity contribution in [1.29, 1.82) is 0 Å². The zero-order valence-electron chi connectivity index (χ0n) is 18.8. The number of esters is 1. The molecule has 2 aromatic carbocycles. The van der Waals surface area contributed by atoms with E-state index in [1.165, 1.54) is 13.3 Å². The van der Waals surface area contributed by atoms with E-state index in [1.807, 2.05) is 0 Å². The second-order valence-electron chi connectivity index (χ2n) is 7.39. The number of benzene rings is 2. The van der Waals surface area contributed by atoms with Crippen LogP contribution in [0.1, 0.15) is 26.3 Å². The number of anilines is 2. The third kappa shape index (κ3) is 4.38. The van der Waals surface area contributed by atoms with Gasteiger partial charge in [-0.25, -0.2) is 4.79 Å². The molecule has 0 radical (unpaired) electrons. The fourth-order valence-corrected chi connectivity index (χ4v) is 3.64. The van der Waals surface area contributed by atoms with Crippen LogP contribution in [0.15, 0.2) is 53.2 Å². The van der Waals surface area contributed by atoms with Gasteiger partial charge in [0.15, 0.2) is 12.4 Å². The Morgan fingerprint density at radius 2 is 1.91 bits per heavy atom. The number of hydrogen-bond donors (Lipinski definition) is 3. The molecule has 0 spiro atoms. The molecule has 2 heterocycles. The molecule has 4 rings (SSSR count). The van der Waals surface area contributed by atoms with Gasteiger partial charge in [-0.1, -0.05) is 0 Å². The van der Waals surface area contributed by atoms with Gasteiger partial charge >= 0.3 is 5.97 Å². The first-order chi connectivity index (χ1) is 16.4. The van der Waals surface area contributed by atoms with Crippen molar-refractivity contribution in [2.24, 2.45) is 0 Å². The van der Waals surface area contributed by atoms with E-state index in [2.05, 4.69) is 15.6 Å². The number of carbonyl (C=O) groups excluding carboxylic acids is 2. The van der Waals surface area contributed by atoms with E-state index in [9.17, 15) is 14.4 Å². The summed E-state index contributed by atoms with van der Waals surface area (Å²) in [4.78, 5) is 41.2. The van der Waals surface area contributed by atoms with Crippen molar-refractivity contribution in [3.63, 3.8) is 0 Å². The second kappa shape index (κ2) is 9.57. The Morgan fingerprint density at radius 1 is 1.15 bits per heavy atom. The SMILES string of the molecule is CNC(=O)c1ccc2[nH]c(=O)c(C(=O)OCC3=COCO3)c(Nc3ccc(OC)cc3)c2c1C. The number of fused-ring (bicyclic) bond motifs is 1. The maximum atomic E-state index is 13.1. The quantitative estimate of drug-likeness (QED) is 0.455. The Labute approximate surface area is 194 Å². The summed E-state index contributed by atoms with van der Waals surface area (Å²) in [5, 5.41) is 6.27. The fraction of sp³-hybridized carbons (Fsp3) is 0.208. The first-order valence-electron chi connectivity index (χ1n) is 10.4. The molecule has 10 heteroatoms. The second-order valence-corrected chi connectivity index (χ2v) is 7.39. The summed E-state index contributed by atoms with van der Waals surface area (Å²) in [5.41, 5.74) is 1.38. The summed E-state index contributed by atoms with van der Waals surface area (Å²) in [7, 11) is 3.08. The fourth-order valence-electron chi connectivity index (χ4n) is 3.64. The van der Waals surface area contributed by atoms with Crippen LogP contribution in [0.5, 0.6) is 5.75 Å². The number of rotatable bonds is 7. The maximum absolute atomic E-state index is 13.1. The van der Waals surface area contributed by atoms with Crippen LogP contribution in [0.25, 0.3) is 10.9 Å². The highest BCUT2D eigenvalue weighted by Gasteiger charge is 2.25. The van der Waals surface area contributed by atoms with Gasteiger partial charge in [-0.15, -0.1) is 0 Å². The topological polar surface area (TPSA) is 128 Å². The smallest absolute Gasteiger partial charge is 0.346 e. The molecule has 1 amide bonds. The van der Waals surface area contributed by atoms with Crippen LogP contribution in [-0.4, -0.2) is 44.4 Å². The number of ether oxygens (including phenoxy) is 4. The molecule has 3 aromatic rings. The number of methoxy groups -OCH3 is 1. The van der Waals surface area contributed by atoms with E-state index >= 15 is 0 Å². The molecule has 0 atom stereocenters. The Balaban J connectivity index is 1.87. The molecule has 176 valence electrons. The summed E-state index contributed by atoms with van der Waals surface area (Å²) >= 11 is 0. The predicted molar refractivity (Wildman–Crippen MR) is 124 cm³/mol. The summed E-state index contributed by atoms with van der Waals surface area (Å²) < 4.78 is 20.6. The van der Waals surface area contributed by atoms with E-state index in [0.29, 0.717) is 39.2 Å². The zero-order valence-corrected chi connectivity index (χ0v) is 18.8. The molecule has 0 fully saturated rings. The minimum atomic E-state index is -0.861. The number of H-pyrrole nitrogens is 1. The van der Waals surface area contributed by atoms with Crippen LogP contribution >= 0.6 is 0 Å². The van der Waals surface area contributed by atoms with Gasteiger partial charge in [0.05, 0.1) is 18.3 Å². The van der Waals surface area contributed by atoms with Crippen molar-refractivity contribution >= 4 is 34.2 Å². The van der Waals surface area contributed by atoms with Crippen LogP contribution in [0.3, 0.4) is 0 Å². The first-order valence-corrected chi connectivity index (χ1v) is 10.4. The number of pyridine rings is 1. The Morgan fingerprint density at radius 3 is 2.56 bits per heavy atom. The molecular weight excluding hydrogens is 442 g/mol. The number of aromatic nitrogens is 1. The molecule has 10 nitrogen and oxygen atoms in total. The van der Waals surface area contributed by atoms with Crippen LogP contribution in [0.4, 0.5) is 11.4 Å². The Bertz CT molecular complexity index is 1340. The largest absolute Gasteiger partial charge is 0.497 e. The lowest BCUT2D eigenvalue weighted by molar-refractivity contribution is 0.0387. The highest BCUT2D eigenvalue weighted by molar-refractivity contribution is 6.10. The van der Waals surface area contributed by atoms with Gasteiger partial charge in [-0.05, 0) is 48.9 Å². The third-order valence-electron chi connectivity index (χ3n) is 5.35. The van der Waals surface area contributed by atoms with E-state index < -0.39 is 11.5 Å². The minimum absolute atomic E-state index is 0.0369. The number of aromatic amines is 1. The average Bonchev–Trinajstić information content (AvgIpc) is 3.36. The minimum Gasteiger partial charge on any atom is -0.497 e. The molecule has 34 heavy (non-hydrogen) atoms. The lowest BCUT2D eigenvalue weighted by Crippen LogP contribution is -2.24. The molecule has 1 aromatic heterocycles. The van der Waals surface area contributed by atoms with Crippen molar-refractivity contribution < 1.29 is 28.5 Å². The summed E-state index contributed by atoms with van der Waals surface area (Å²) in [5.74, 6) is -0.185. The molecule has 1 aliphatic rings. The summed E-state index contributed by atoms with van der Waals surface area (Å²) in [6.07, 6.45) is 1.34. The number of nitrogens with one attached hydrogen (secondary N) is 3. The number of amides is 1. The number of hydrogen-bond acceptors (Lipinski definition) is 8. The number of carbonyl (C=O) groups is 2. The van der Waals surface area contributed by atoms with Gasteiger partial charge in [-0.3, -0.25) is 9.59 Å². The van der Waals surface area contributed by atoms with Gasteiger partial charge in [0.2, 0.25) is 6.79 Å². The summed E-state index contributed by atoms with van der Waals surface area (Å²) in [6.45, 7) is 1.58. The van der Waals surface area contributed by atoms with Crippen LogP contribution < -0.4 is 20.9 Å². The monoisotopic (exact) mass is 465 g/mol. The molecule has 1 aliphatic heterocycles. The summed E-state index contributed by atoms with van der Waals surface area (Å²) in [6, 6.07) is 10.2. The van der Waals surface area contributed by atoms with Crippen molar-refractivity contribution in [3.05, 3.63) is 75.5 Å². The third-order valence-corrected chi connectivity index (χ3v) is 5.35. The van der Waals surface area contributed by atoms with E-state index in [0.717, 1.165) is 0 Å². The van der Waals surface area contributed by atoms with Crippen LogP contribution in [0.2, 0.25) is 0 Å². The van der Waals surface area contributed by atoms with Crippen molar-refractivity contribution in [2.45, 2.75) is 6.92 Å². The van der Waals surface area contributed by atoms with E-state index in [-0.39, 0.29) is 30.6 Å². The number of aryl methyl sites for hydroxylation is 1. The average molecular weight is 465 g/mol. The lowest BCUT2D eigenvalue weighted by atomic mass is 9.98. The Kier molecular flexibility index (Phi) is 6.39. The molecule has 0 bridgehead atoms. The maximum Gasteiger partial charge on any atom is 0.346 e. The normalized spacial score (nSPS) is 12.4. The highest BCUT2D eigenvalue weighted by Crippen LogP contribution is 2.32. The molecule has 0 unspecified atom stereocenters. The van der Waals surface area contributed by atoms with Crippen molar-refractivity contribution in [2.75, 3.05) is 32.9 Å². The Hall–Kier alpha value is -4.47. The highest BCUT2D eigenvalue weighted by atomic mass is 16.7. The molecular formula is C24H23N3O7. The van der Waals surface area contributed by atoms with Crippen LogP contribution in [0, 0.1) is 6.92 Å². The first kappa shape index (κ1) is 22.7.